The molecule has 1 aliphatic rings. The average Bonchev–Trinajstić information content (AvgIpc) is 2.65. The number of hydrogen-bond acceptors (Lipinski definition) is 4. The first-order valence-corrected chi connectivity index (χ1v) is 10.7. The second kappa shape index (κ2) is 8.05. The SMILES string of the molecule is CC(C)C[C@@H](CO)N1CCN(S(=O)(=O)c2cccc3ccccc23)CC1. The molecule has 5 nitrogen and oxygen atoms in total. The van der Waals surface area contributed by atoms with Gasteiger partial charge in [-0.05, 0) is 23.8 Å². The maximum atomic E-state index is 13.2. The highest BCUT2D eigenvalue weighted by atomic mass is 32.2. The Morgan fingerprint density at radius 1 is 1.00 bits per heavy atom. The Kier molecular flexibility index (Phi) is 5.97. The van der Waals surface area contributed by atoms with Crippen molar-refractivity contribution in [2.45, 2.75) is 31.2 Å². The summed E-state index contributed by atoms with van der Waals surface area (Å²) < 4.78 is 27.9. The zero-order chi connectivity index (χ0) is 18.7. The second-order valence-corrected chi connectivity index (χ2v) is 9.29. The molecule has 0 saturated carbocycles. The lowest BCUT2D eigenvalue weighted by atomic mass is 10.0. The molecule has 0 unspecified atom stereocenters. The summed E-state index contributed by atoms with van der Waals surface area (Å²) in [7, 11) is -3.52. The number of rotatable bonds is 6. The van der Waals surface area contributed by atoms with Gasteiger partial charge in [0.25, 0.3) is 0 Å². The molecule has 2 aromatic carbocycles. The minimum atomic E-state index is -3.52. The first-order valence-electron chi connectivity index (χ1n) is 9.26. The second-order valence-electron chi connectivity index (χ2n) is 7.38. The average molecular weight is 377 g/mol. The third-order valence-corrected chi connectivity index (χ3v) is 7.07. The van der Waals surface area contributed by atoms with Crippen molar-refractivity contribution in [2.75, 3.05) is 32.8 Å². The molecule has 6 heteroatoms. The topological polar surface area (TPSA) is 60.9 Å². The molecular weight excluding hydrogens is 348 g/mol. The number of sulfonamides is 1. The minimum Gasteiger partial charge on any atom is -0.395 e. The lowest BCUT2D eigenvalue weighted by Gasteiger charge is -2.38. The van der Waals surface area contributed by atoms with Crippen LogP contribution < -0.4 is 0 Å². The van der Waals surface area contributed by atoms with E-state index in [1.165, 1.54) is 0 Å². The van der Waals surface area contributed by atoms with E-state index in [-0.39, 0.29) is 12.6 Å². The fraction of sp³-hybridized carbons (Fsp3) is 0.500. The maximum absolute atomic E-state index is 13.2. The van der Waals surface area contributed by atoms with Gasteiger partial charge in [0.15, 0.2) is 0 Å². The lowest BCUT2D eigenvalue weighted by molar-refractivity contribution is 0.0780. The summed E-state index contributed by atoms with van der Waals surface area (Å²) >= 11 is 0. The molecule has 142 valence electrons. The number of hydrogen-bond donors (Lipinski definition) is 1. The van der Waals surface area contributed by atoms with Crippen molar-refractivity contribution < 1.29 is 13.5 Å². The molecule has 1 fully saturated rings. The molecule has 0 aliphatic carbocycles. The molecule has 1 N–H and O–H groups in total. The first kappa shape index (κ1) is 19.3. The van der Waals surface area contributed by atoms with Crippen molar-refractivity contribution in [1.29, 1.82) is 0 Å². The van der Waals surface area contributed by atoms with Crippen molar-refractivity contribution in [2.24, 2.45) is 5.92 Å². The van der Waals surface area contributed by atoms with Crippen molar-refractivity contribution in [3.8, 4) is 0 Å². The van der Waals surface area contributed by atoms with Gasteiger partial charge < -0.3 is 5.11 Å². The third kappa shape index (κ3) is 3.93. The van der Waals surface area contributed by atoms with Crippen molar-refractivity contribution in [3.05, 3.63) is 42.5 Å². The molecule has 0 bridgehead atoms. The van der Waals surface area contributed by atoms with Gasteiger partial charge in [-0.25, -0.2) is 8.42 Å². The number of aliphatic hydroxyl groups is 1. The largest absolute Gasteiger partial charge is 0.395 e. The van der Waals surface area contributed by atoms with E-state index in [1.54, 1.807) is 16.4 Å². The molecule has 1 atom stereocenters. The highest BCUT2D eigenvalue weighted by molar-refractivity contribution is 7.89. The van der Waals surface area contributed by atoms with Gasteiger partial charge in [0.1, 0.15) is 0 Å². The highest BCUT2D eigenvalue weighted by Gasteiger charge is 2.31. The van der Waals surface area contributed by atoms with Gasteiger partial charge in [-0.15, -0.1) is 0 Å². The van der Waals surface area contributed by atoms with Crippen LogP contribution in [0.1, 0.15) is 20.3 Å². The van der Waals surface area contributed by atoms with E-state index in [1.807, 2.05) is 30.3 Å². The van der Waals surface area contributed by atoms with Crippen LogP contribution in [0.5, 0.6) is 0 Å². The van der Waals surface area contributed by atoms with Crippen molar-refractivity contribution >= 4 is 20.8 Å². The van der Waals surface area contributed by atoms with Gasteiger partial charge in [-0.1, -0.05) is 50.2 Å². The van der Waals surface area contributed by atoms with Crippen LogP contribution in [-0.2, 0) is 10.0 Å². The molecular formula is C20H28N2O3S. The van der Waals surface area contributed by atoms with Crippen LogP contribution in [0.2, 0.25) is 0 Å². The highest BCUT2D eigenvalue weighted by Crippen LogP contribution is 2.26. The Labute approximate surface area is 156 Å². The normalized spacial score (nSPS) is 18.5. The van der Waals surface area contributed by atoms with Gasteiger partial charge in [-0.2, -0.15) is 4.31 Å². The first-order chi connectivity index (χ1) is 12.4. The Morgan fingerprint density at radius 2 is 1.65 bits per heavy atom. The van der Waals surface area contributed by atoms with Crippen molar-refractivity contribution in [1.82, 2.24) is 9.21 Å². The van der Waals surface area contributed by atoms with E-state index in [4.69, 9.17) is 0 Å². The van der Waals surface area contributed by atoms with E-state index in [9.17, 15) is 13.5 Å². The Bertz CT molecular complexity index is 838. The Balaban J connectivity index is 1.78. The predicted octanol–water partition coefficient (Wildman–Crippen LogP) is 2.55. The summed E-state index contributed by atoms with van der Waals surface area (Å²) in [5, 5.41) is 11.4. The summed E-state index contributed by atoms with van der Waals surface area (Å²) in [6, 6.07) is 13.1. The predicted molar refractivity (Wildman–Crippen MR) is 105 cm³/mol. The smallest absolute Gasteiger partial charge is 0.243 e. The summed E-state index contributed by atoms with van der Waals surface area (Å²) in [6.45, 7) is 6.63. The van der Waals surface area contributed by atoms with Gasteiger partial charge in [-0.3, -0.25) is 4.90 Å². The molecule has 2 aromatic rings. The molecule has 3 rings (SSSR count). The summed E-state index contributed by atoms with van der Waals surface area (Å²) in [4.78, 5) is 2.60. The van der Waals surface area contributed by atoms with Gasteiger partial charge >= 0.3 is 0 Å². The lowest BCUT2D eigenvalue weighted by Crippen LogP contribution is -2.53. The molecule has 0 radical (unpaired) electrons. The summed E-state index contributed by atoms with van der Waals surface area (Å²) in [5.74, 6) is 0.504. The summed E-state index contributed by atoms with van der Waals surface area (Å²) in [6.07, 6.45) is 0.923. The van der Waals surface area contributed by atoms with Gasteiger partial charge in [0.05, 0.1) is 11.5 Å². The van der Waals surface area contributed by atoms with Gasteiger partial charge in [0, 0.05) is 37.6 Å². The van der Waals surface area contributed by atoms with Crippen molar-refractivity contribution in [3.63, 3.8) is 0 Å². The monoisotopic (exact) mass is 376 g/mol. The molecule has 0 amide bonds. The van der Waals surface area contributed by atoms with E-state index in [2.05, 4.69) is 18.7 Å². The quantitative estimate of drug-likeness (QED) is 0.842. The molecule has 1 heterocycles. The molecule has 26 heavy (non-hydrogen) atoms. The van der Waals surface area contributed by atoms with Gasteiger partial charge in [0.2, 0.25) is 10.0 Å². The van der Waals surface area contributed by atoms with E-state index >= 15 is 0 Å². The Morgan fingerprint density at radius 3 is 2.31 bits per heavy atom. The van der Waals surface area contributed by atoms with Crippen LogP contribution in [-0.4, -0.2) is 61.6 Å². The van der Waals surface area contributed by atoms with E-state index < -0.39 is 10.0 Å². The Hall–Kier alpha value is -1.47. The molecule has 1 saturated heterocycles. The molecule has 1 aliphatic heterocycles. The number of fused-ring (bicyclic) bond motifs is 1. The van der Waals surface area contributed by atoms with Crippen LogP contribution in [0.3, 0.4) is 0 Å². The van der Waals surface area contributed by atoms with Crippen LogP contribution in [0.25, 0.3) is 10.8 Å². The van der Waals surface area contributed by atoms with Crippen LogP contribution in [0.15, 0.2) is 47.4 Å². The standard InChI is InChI=1S/C20H28N2O3S/c1-16(2)14-18(15-23)21-10-12-22(13-11-21)26(24,25)20-9-5-7-17-6-3-4-8-19(17)20/h3-9,16,18,23H,10-15H2,1-2H3/t18-/m0/s1. The zero-order valence-corrected chi connectivity index (χ0v) is 16.3. The molecule has 0 spiro atoms. The minimum absolute atomic E-state index is 0.109. The number of piperazine rings is 1. The van der Waals surface area contributed by atoms with Crippen LogP contribution in [0.4, 0.5) is 0 Å². The zero-order valence-electron chi connectivity index (χ0n) is 15.5. The molecule has 0 aromatic heterocycles. The number of benzene rings is 2. The fourth-order valence-electron chi connectivity index (χ4n) is 3.75. The fourth-order valence-corrected chi connectivity index (χ4v) is 5.39. The van der Waals surface area contributed by atoms with Crippen LogP contribution >= 0.6 is 0 Å². The summed E-state index contributed by atoms with van der Waals surface area (Å²) in [5.41, 5.74) is 0. The van der Waals surface area contributed by atoms with Crippen LogP contribution in [0, 0.1) is 5.92 Å². The maximum Gasteiger partial charge on any atom is 0.243 e. The van der Waals surface area contributed by atoms with E-state index in [0.717, 1.165) is 17.2 Å². The van der Waals surface area contributed by atoms with E-state index in [0.29, 0.717) is 37.0 Å². The number of aliphatic hydroxyl groups excluding tert-OH is 1. The third-order valence-electron chi connectivity index (χ3n) is 5.11. The number of nitrogens with zero attached hydrogens (tertiary/aromatic N) is 2.